The van der Waals surface area contributed by atoms with Crippen molar-refractivity contribution in [1.29, 1.82) is 0 Å². The average Bonchev–Trinajstić information content (AvgIpc) is 2.39. The molecule has 2 unspecified atom stereocenters. The first-order valence-electron chi connectivity index (χ1n) is 3.26. The molecule has 0 radical (unpaired) electrons. The zero-order valence-electron chi connectivity index (χ0n) is 5.96. The number of aliphatic hydroxyl groups is 2. The number of quaternary nitrogens is 1. The molecule has 1 fully saturated rings. The molecule has 1 saturated heterocycles. The van der Waals surface area contributed by atoms with Crippen molar-refractivity contribution in [1.82, 2.24) is 0 Å². The lowest BCUT2D eigenvalue weighted by Crippen LogP contribution is -2.32. The fourth-order valence-electron chi connectivity index (χ4n) is 1.20. The number of aliphatic hydroxyl groups excluding tert-OH is 1. The third kappa shape index (κ3) is 0.764. The van der Waals surface area contributed by atoms with E-state index in [1.807, 2.05) is 14.0 Å². The van der Waals surface area contributed by atoms with Gasteiger partial charge in [-0.1, -0.05) is 6.92 Å². The zero-order chi connectivity index (χ0) is 7.12. The topological polar surface area (TPSA) is 40.5 Å². The lowest BCUT2D eigenvalue weighted by molar-refractivity contribution is -0.847. The summed E-state index contributed by atoms with van der Waals surface area (Å²) in [6, 6.07) is 0. The van der Waals surface area contributed by atoms with Gasteiger partial charge in [-0.2, -0.15) is 0 Å². The van der Waals surface area contributed by atoms with Crippen LogP contribution in [-0.2, 0) is 0 Å². The van der Waals surface area contributed by atoms with Crippen LogP contribution in [0.5, 0.6) is 0 Å². The summed E-state index contributed by atoms with van der Waals surface area (Å²) in [7, 11) is 1.85. The van der Waals surface area contributed by atoms with E-state index in [-0.39, 0.29) is 6.73 Å². The van der Waals surface area contributed by atoms with Gasteiger partial charge in [-0.3, -0.25) is 4.48 Å². The molecule has 1 heterocycles. The molecule has 0 saturated carbocycles. The molecule has 1 aliphatic rings. The van der Waals surface area contributed by atoms with Crippen LogP contribution < -0.4 is 0 Å². The molecule has 0 aromatic rings. The van der Waals surface area contributed by atoms with Crippen molar-refractivity contribution in [3.05, 3.63) is 0 Å². The highest BCUT2D eigenvalue weighted by molar-refractivity contribution is 4.78. The van der Waals surface area contributed by atoms with Gasteiger partial charge in [0.2, 0.25) is 0 Å². The maximum absolute atomic E-state index is 9.47. The van der Waals surface area contributed by atoms with E-state index in [0.717, 1.165) is 6.42 Å². The molecular formula is C6H14NO2+. The van der Waals surface area contributed by atoms with Gasteiger partial charge in [-0.15, -0.1) is 0 Å². The van der Waals surface area contributed by atoms with Gasteiger partial charge in [0.15, 0.2) is 13.3 Å². The van der Waals surface area contributed by atoms with Gasteiger partial charge in [0.25, 0.3) is 5.72 Å². The van der Waals surface area contributed by atoms with Crippen LogP contribution in [-0.4, -0.2) is 40.7 Å². The Kier molecular flexibility index (Phi) is 1.31. The molecular weight excluding hydrogens is 118 g/mol. The minimum atomic E-state index is -0.616. The summed E-state index contributed by atoms with van der Waals surface area (Å²) in [5, 5.41) is 18.2. The number of likely N-dealkylation sites (N-methyl/N-ethyl adjacent to an activating group) is 1. The number of hydrogen-bond acceptors (Lipinski definition) is 2. The monoisotopic (exact) mass is 132 g/mol. The minimum absolute atomic E-state index is 0.0460. The van der Waals surface area contributed by atoms with Crippen molar-refractivity contribution in [2.24, 2.45) is 0 Å². The fourth-order valence-corrected chi connectivity index (χ4v) is 1.20. The first-order chi connectivity index (χ1) is 4.08. The fraction of sp³-hybridized carbons (Fsp3) is 1.00. The predicted octanol–water partition coefficient (Wildman–Crippen LogP) is -0.505. The van der Waals surface area contributed by atoms with Crippen molar-refractivity contribution in [3.63, 3.8) is 0 Å². The van der Waals surface area contributed by atoms with Gasteiger partial charge < -0.3 is 10.2 Å². The number of rotatable bonds is 2. The van der Waals surface area contributed by atoms with Crippen LogP contribution in [0.4, 0.5) is 0 Å². The lowest BCUT2D eigenvalue weighted by Gasteiger charge is -2.13. The Hall–Kier alpha value is -0.120. The highest BCUT2D eigenvalue weighted by Crippen LogP contribution is 2.39. The second-order valence-corrected chi connectivity index (χ2v) is 3.03. The molecule has 0 aliphatic carbocycles. The Morgan fingerprint density at radius 1 is 1.67 bits per heavy atom. The predicted molar refractivity (Wildman–Crippen MR) is 33.4 cm³/mol. The molecule has 54 valence electrons. The third-order valence-corrected chi connectivity index (χ3v) is 2.38. The lowest BCUT2D eigenvalue weighted by atomic mass is 10.3. The van der Waals surface area contributed by atoms with Crippen molar-refractivity contribution < 1.29 is 14.7 Å². The second kappa shape index (κ2) is 1.68. The maximum Gasteiger partial charge on any atom is 0.252 e. The average molecular weight is 132 g/mol. The molecule has 2 N–H and O–H groups in total. The molecule has 2 atom stereocenters. The summed E-state index contributed by atoms with van der Waals surface area (Å²) >= 11 is 0. The SMILES string of the molecule is CCC1(O)C[N+]1(C)CO. The first-order valence-corrected chi connectivity index (χ1v) is 3.26. The van der Waals surface area contributed by atoms with E-state index >= 15 is 0 Å². The summed E-state index contributed by atoms with van der Waals surface area (Å²) in [6.45, 7) is 2.67. The van der Waals surface area contributed by atoms with Crippen LogP contribution in [0.15, 0.2) is 0 Å². The normalized spacial score (nSPS) is 49.3. The van der Waals surface area contributed by atoms with Crippen LogP contribution >= 0.6 is 0 Å². The van der Waals surface area contributed by atoms with E-state index in [4.69, 9.17) is 5.11 Å². The highest BCUT2D eigenvalue weighted by atomic mass is 16.4. The van der Waals surface area contributed by atoms with E-state index < -0.39 is 5.72 Å². The Morgan fingerprint density at radius 2 is 2.22 bits per heavy atom. The Morgan fingerprint density at radius 3 is 2.33 bits per heavy atom. The number of nitrogens with zero attached hydrogens (tertiary/aromatic N) is 1. The van der Waals surface area contributed by atoms with E-state index in [1.54, 1.807) is 0 Å². The maximum atomic E-state index is 9.47. The van der Waals surface area contributed by atoms with E-state index in [9.17, 15) is 5.11 Å². The molecule has 9 heavy (non-hydrogen) atoms. The standard InChI is InChI=1S/C6H14NO2/c1-3-6(9)4-7(6,2)5-8/h8-9H,3-5H2,1-2H3/q+1. The summed E-state index contributed by atoms with van der Waals surface area (Å²) in [5.74, 6) is 0. The second-order valence-electron chi connectivity index (χ2n) is 3.03. The molecule has 1 aliphatic heterocycles. The van der Waals surface area contributed by atoms with Crippen LogP contribution in [0, 0.1) is 0 Å². The van der Waals surface area contributed by atoms with Gasteiger partial charge in [0.05, 0.1) is 7.05 Å². The van der Waals surface area contributed by atoms with E-state index in [2.05, 4.69) is 0 Å². The summed E-state index contributed by atoms with van der Waals surface area (Å²) in [4.78, 5) is 0. The summed E-state index contributed by atoms with van der Waals surface area (Å²) < 4.78 is 0.406. The van der Waals surface area contributed by atoms with Crippen molar-refractivity contribution in [2.75, 3.05) is 20.3 Å². The zero-order valence-corrected chi connectivity index (χ0v) is 5.96. The van der Waals surface area contributed by atoms with Crippen molar-refractivity contribution >= 4 is 0 Å². The van der Waals surface area contributed by atoms with E-state index in [1.165, 1.54) is 0 Å². The molecule has 0 aromatic heterocycles. The third-order valence-electron chi connectivity index (χ3n) is 2.38. The summed E-state index contributed by atoms with van der Waals surface area (Å²) in [6.07, 6.45) is 0.726. The largest absolute Gasteiger partial charge is 0.347 e. The number of hydrogen-bond donors (Lipinski definition) is 2. The Balaban J connectivity index is 2.54. The smallest absolute Gasteiger partial charge is 0.252 e. The van der Waals surface area contributed by atoms with Gasteiger partial charge in [0.1, 0.15) is 0 Å². The van der Waals surface area contributed by atoms with Gasteiger partial charge in [-0.05, 0) is 0 Å². The molecule has 0 aromatic carbocycles. The quantitative estimate of drug-likeness (QED) is 0.392. The summed E-state index contributed by atoms with van der Waals surface area (Å²) in [5.41, 5.74) is -0.616. The highest BCUT2D eigenvalue weighted by Gasteiger charge is 2.64. The molecule has 0 spiro atoms. The molecule has 1 rings (SSSR count). The van der Waals surface area contributed by atoms with Gasteiger partial charge in [0, 0.05) is 6.42 Å². The first kappa shape index (κ1) is 6.99. The molecule has 0 amide bonds. The van der Waals surface area contributed by atoms with Crippen LogP contribution in [0.1, 0.15) is 13.3 Å². The van der Waals surface area contributed by atoms with Crippen LogP contribution in [0.2, 0.25) is 0 Å². The molecule has 3 heteroatoms. The molecule has 0 bridgehead atoms. The van der Waals surface area contributed by atoms with Gasteiger partial charge in [-0.25, -0.2) is 0 Å². The Labute approximate surface area is 55.1 Å². The van der Waals surface area contributed by atoms with Crippen molar-refractivity contribution in [2.45, 2.75) is 19.1 Å². The minimum Gasteiger partial charge on any atom is -0.347 e. The van der Waals surface area contributed by atoms with Gasteiger partial charge >= 0.3 is 0 Å². The van der Waals surface area contributed by atoms with Crippen LogP contribution in [0.3, 0.4) is 0 Å². The van der Waals surface area contributed by atoms with Crippen molar-refractivity contribution in [3.8, 4) is 0 Å². The van der Waals surface area contributed by atoms with Crippen LogP contribution in [0.25, 0.3) is 0 Å². The Bertz CT molecular complexity index is 114. The molecule has 3 nitrogen and oxygen atoms in total. The van der Waals surface area contributed by atoms with E-state index in [0.29, 0.717) is 11.0 Å².